The molecule has 2 heterocycles. The number of nitrogens with zero attached hydrogens (tertiary/aromatic N) is 2. The molecule has 0 saturated heterocycles. The third-order valence-corrected chi connectivity index (χ3v) is 3.27. The van der Waals surface area contributed by atoms with Crippen molar-refractivity contribution >= 4 is 23.7 Å². The zero-order valence-corrected chi connectivity index (χ0v) is 11.4. The van der Waals surface area contributed by atoms with E-state index in [1.165, 1.54) is 10.6 Å². The summed E-state index contributed by atoms with van der Waals surface area (Å²) in [6.45, 7) is 3.88. The van der Waals surface area contributed by atoms with Crippen LogP contribution in [0.5, 0.6) is 0 Å². The second-order valence-corrected chi connectivity index (χ2v) is 4.58. The number of thiazole rings is 1. The summed E-state index contributed by atoms with van der Waals surface area (Å²) in [6, 6.07) is 4.09. The molecular formula is C12H16ClN3S. The van der Waals surface area contributed by atoms with Crippen LogP contribution in [0.3, 0.4) is 0 Å². The molecule has 0 bridgehead atoms. The van der Waals surface area contributed by atoms with Gasteiger partial charge in [0.1, 0.15) is 0 Å². The average Bonchev–Trinajstić information content (AvgIpc) is 2.79. The fourth-order valence-electron chi connectivity index (χ4n) is 1.50. The number of halogens is 1. The van der Waals surface area contributed by atoms with Gasteiger partial charge in [-0.25, -0.2) is 4.98 Å². The average molecular weight is 270 g/mol. The van der Waals surface area contributed by atoms with Crippen molar-refractivity contribution in [3.05, 3.63) is 46.2 Å². The Balaban J connectivity index is 0.00000144. The van der Waals surface area contributed by atoms with Crippen molar-refractivity contribution in [2.75, 3.05) is 6.54 Å². The first-order valence-corrected chi connectivity index (χ1v) is 6.24. The molecule has 1 N–H and O–H groups in total. The van der Waals surface area contributed by atoms with Gasteiger partial charge in [0.05, 0.1) is 5.01 Å². The molecule has 0 aliphatic heterocycles. The van der Waals surface area contributed by atoms with Crippen LogP contribution in [0.15, 0.2) is 29.9 Å². The maximum Gasteiger partial charge on any atom is 0.0937 e. The Kier molecular flexibility index (Phi) is 6.11. The molecule has 17 heavy (non-hydrogen) atoms. The van der Waals surface area contributed by atoms with Crippen LogP contribution in [-0.4, -0.2) is 16.5 Å². The van der Waals surface area contributed by atoms with E-state index in [1.807, 2.05) is 30.8 Å². The Morgan fingerprint density at radius 3 is 2.88 bits per heavy atom. The van der Waals surface area contributed by atoms with E-state index in [2.05, 4.69) is 21.4 Å². The van der Waals surface area contributed by atoms with Gasteiger partial charge in [-0.15, -0.1) is 23.7 Å². The first-order chi connectivity index (χ1) is 7.86. The predicted molar refractivity (Wildman–Crippen MR) is 73.7 cm³/mol. The molecule has 0 spiro atoms. The molecule has 92 valence electrons. The zero-order chi connectivity index (χ0) is 11.2. The topological polar surface area (TPSA) is 37.8 Å². The summed E-state index contributed by atoms with van der Waals surface area (Å²) in [5.41, 5.74) is 2.37. The lowest BCUT2D eigenvalue weighted by Crippen LogP contribution is -2.17. The quantitative estimate of drug-likeness (QED) is 0.848. The van der Waals surface area contributed by atoms with E-state index < -0.39 is 0 Å². The molecule has 5 heteroatoms. The van der Waals surface area contributed by atoms with E-state index in [-0.39, 0.29) is 12.4 Å². The van der Waals surface area contributed by atoms with Crippen molar-refractivity contribution in [2.45, 2.75) is 19.9 Å². The lowest BCUT2D eigenvalue weighted by atomic mass is 10.2. The van der Waals surface area contributed by atoms with Crippen molar-refractivity contribution in [2.24, 2.45) is 0 Å². The van der Waals surface area contributed by atoms with Crippen molar-refractivity contribution < 1.29 is 0 Å². The van der Waals surface area contributed by atoms with E-state index in [1.54, 1.807) is 11.3 Å². The van der Waals surface area contributed by atoms with Gasteiger partial charge in [0, 0.05) is 43.0 Å². The van der Waals surface area contributed by atoms with Crippen LogP contribution in [0.4, 0.5) is 0 Å². The van der Waals surface area contributed by atoms with Gasteiger partial charge in [0.15, 0.2) is 0 Å². The van der Waals surface area contributed by atoms with Crippen LogP contribution < -0.4 is 5.32 Å². The van der Waals surface area contributed by atoms with E-state index in [9.17, 15) is 0 Å². The van der Waals surface area contributed by atoms with Crippen molar-refractivity contribution in [1.29, 1.82) is 0 Å². The number of hydrogen-bond acceptors (Lipinski definition) is 4. The van der Waals surface area contributed by atoms with Gasteiger partial charge in [-0.3, -0.25) is 4.98 Å². The van der Waals surface area contributed by atoms with Gasteiger partial charge in [0.2, 0.25) is 0 Å². The highest BCUT2D eigenvalue weighted by Crippen LogP contribution is 2.05. The third kappa shape index (κ3) is 4.42. The molecule has 2 aromatic rings. The Bertz CT molecular complexity index is 431. The highest BCUT2D eigenvalue weighted by Gasteiger charge is 1.98. The summed E-state index contributed by atoms with van der Waals surface area (Å²) in [5, 5.41) is 6.61. The fraction of sp³-hybridized carbons (Fsp3) is 0.333. The van der Waals surface area contributed by atoms with Crippen LogP contribution >= 0.6 is 23.7 Å². The second kappa shape index (κ2) is 7.37. The molecule has 0 aliphatic carbocycles. The SMILES string of the molecule is Cc1ncccc1CNCCc1nccs1.Cl. The van der Waals surface area contributed by atoms with E-state index >= 15 is 0 Å². The van der Waals surface area contributed by atoms with E-state index in [0.717, 1.165) is 25.2 Å². The van der Waals surface area contributed by atoms with Crippen LogP contribution in [0.2, 0.25) is 0 Å². The van der Waals surface area contributed by atoms with Crippen LogP contribution in [0.25, 0.3) is 0 Å². The predicted octanol–water partition coefficient (Wildman–Crippen LogP) is 2.60. The Hall–Kier alpha value is -0.970. The highest BCUT2D eigenvalue weighted by molar-refractivity contribution is 7.09. The normalized spacial score (nSPS) is 9.94. The lowest BCUT2D eigenvalue weighted by Gasteiger charge is -2.05. The van der Waals surface area contributed by atoms with Crippen molar-refractivity contribution in [1.82, 2.24) is 15.3 Å². The van der Waals surface area contributed by atoms with Crippen molar-refractivity contribution in [3.63, 3.8) is 0 Å². The number of nitrogens with one attached hydrogen (secondary N) is 1. The van der Waals surface area contributed by atoms with Gasteiger partial charge in [-0.1, -0.05) is 6.07 Å². The minimum absolute atomic E-state index is 0. The molecule has 0 radical (unpaired) electrons. The Morgan fingerprint density at radius 2 is 2.18 bits per heavy atom. The Labute approximate surface area is 112 Å². The molecule has 0 atom stereocenters. The molecule has 2 rings (SSSR count). The number of rotatable bonds is 5. The summed E-state index contributed by atoms with van der Waals surface area (Å²) in [7, 11) is 0. The van der Waals surface area contributed by atoms with E-state index in [0.29, 0.717) is 0 Å². The maximum atomic E-state index is 4.26. The standard InChI is InChI=1S/C12H15N3S.ClH/c1-10-11(3-2-5-14-10)9-13-6-4-12-15-7-8-16-12;/h2-3,5,7-8,13H,4,6,9H2,1H3;1H. The monoisotopic (exact) mass is 269 g/mol. The Morgan fingerprint density at radius 1 is 1.29 bits per heavy atom. The molecule has 0 amide bonds. The summed E-state index contributed by atoms with van der Waals surface area (Å²) >= 11 is 1.71. The molecule has 0 unspecified atom stereocenters. The van der Waals surface area contributed by atoms with Crippen LogP contribution in [0.1, 0.15) is 16.3 Å². The fourth-order valence-corrected chi connectivity index (χ4v) is 2.12. The van der Waals surface area contributed by atoms with Gasteiger partial charge >= 0.3 is 0 Å². The van der Waals surface area contributed by atoms with Gasteiger partial charge in [-0.05, 0) is 18.6 Å². The molecule has 0 aromatic carbocycles. The molecule has 0 aliphatic rings. The molecule has 2 aromatic heterocycles. The summed E-state index contributed by atoms with van der Waals surface area (Å²) in [6.07, 6.45) is 4.68. The van der Waals surface area contributed by atoms with Gasteiger partial charge in [-0.2, -0.15) is 0 Å². The van der Waals surface area contributed by atoms with E-state index in [4.69, 9.17) is 0 Å². The summed E-state index contributed by atoms with van der Waals surface area (Å²) in [4.78, 5) is 8.50. The molecule has 0 fully saturated rings. The van der Waals surface area contributed by atoms with Crippen LogP contribution in [-0.2, 0) is 13.0 Å². The first kappa shape index (κ1) is 14.1. The van der Waals surface area contributed by atoms with Gasteiger partial charge < -0.3 is 5.32 Å². The number of hydrogen-bond donors (Lipinski definition) is 1. The first-order valence-electron chi connectivity index (χ1n) is 5.36. The minimum atomic E-state index is 0. The highest BCUT2D eigenvalue weighted by atomic mass is 35.5. The molecule has 3 nitrogen and oxygen atoms in total. The third-order valence-electron chi connectivity index (χ3n) is 2.43. The van der Waals surface area contributed by atoms with Crippen molar-refractivity contribution in [3.8, 4) is 0 Å². The molecular weight excluding hydrogens is 254 g/mol. The molecule has 0 saturated carbocycles. The number of aryl methyl sites for hydroxylation is 1. The summed E-state index contributed by atoms with van der Waals surface area (Å²) < 4.78 is 0. The number of pyridine rings is 1. The van der Waals surface area contributed by atoms with Gasteiger partial charge in [0.25, 0.3) is 0 Å². The summed E-state index contributed by atoms with van der Waals surface area (Å²) in [5.74, 6) is 0. The minimum Gasteiger partial charge on any atom is -0.312 e. The maximum absolute atomic E-state index is 4.26. The van der Waals surface area contributed by atoms with Crippen LogP contribution in [0, 0.1) is 6.92 Å². The smallest absolute Gasteiger partial charge is 0.0937 e. The number of aromatic nitrogens is 2. The zero-order valence-electron chi connectivity index (χ0n) is 9.72. The second-order valence-electron chi connectivity index (χ2n) is 3.60. The largest absolute Gasteiger partial charge is 0.312 e. The lowest BCUT2D eigenvalue weighted by molar-refractivity contribution is 0.680.